The first-order valence-electron chi connectivity index (χ1n) is 7.61. The largest absolute Gasteiger partial charge is 0.375 e. The van der Waals surface area contributed by atoms with Crippen LogP contribution < -0.4 is 5.73 Å². The lowest BCUT2D eigenvalue weighted by molar-refractivity contribution is 0.00413. The van der Waals surface area contributed by atoms with E-state index >= 15 is 0 Å². The molecule has 2 fully saturated rings. The van der Waals surface area contributed by atoms with E-state index in [1.54, 1.807) is 24.3 Å². The second-order valence-electron chi connectivity index (χ2n) is 6.15. The molecule has 1 aromatic rings. The van der Waals surface area contributed by atoms with Gasteiger partial charge >= 0.3 is 0 Å². The van der Waals surface area contributed by atoms with Gasteiger partial charge in [0.25, 0.3) is 0 Å². The Balaban J connectivity index is 1.61. The Hall–Kier alpha value is -1.33. The van der Waals surface area contributed by atoms with Crippen molar-refractivity contribution >= 4 is 17.6 Å². The van der Waals surface area contributed by atoms with Gasteiger partial charge in [0.15, 0.2) is 5.96 Å². The summed E-state index contributed by atoms with van der Waals surface area (Å²) >= 11 is 5.94. The Morgan fingerprint density at radius 1 is 1.50 bits per heavy atom. The van der Waals surface area contributed by atoms with Gasteiger partial charge in [-0.1, -0.05) is 23.7 Å². The normalized spacial score (nSPS) is 32.7. The lowest BCUT2D eigenvalue weighted by Crippen LogP contribution is -2.49. The SMILES string of the molecule is CC1CN(C(N)=NC2CC(F)(c3cccc(Cl)c3)C2)CCO1. The van der Waals surface area contributed by atoms with Crippen LogP contribution in [-0.4, -0.2) is 42.7 Å². The number of benzene rings is 1. The Kier molecular flexibility index (Phi) is 4.28. The molecule has 1 saturated heterocycles. The van der Waals surface area contributed by atoms with Gasteiger partial charge in [0.1, 0.15) is 5.67 Å². The van der Waals surface area contributed by atoms with Crippen LogP contribution in [0, 0.1) is 0 Å². The molecule has 1 heterocycles. The molecule has 1 aromatic carbocycles. The molecule has 1 unspecified atom stereocenters. The average Bonchev–Trinajstić information content (AvgIpc) is 2.45. The van der Waals surface area contributed by atoms with E-state index in [1.165, 1.54) is 0 Å². The van der Waals surface area contributed by atoms with Crippen LogP contribution in [0.1, 0.15) is 25.3 Å². The van der Waals surface area contributed by atoms with Crippen molar-refractivity contribution in [3.63, 3.8) is 0 Å². The molecule has 22 heavy (non-hydrogen) atoms. The molecule has 4 nitrogen and oxygen atoms in total. The zero-order valence-corrected chi connectivity index (χ0v) is 13.4. The molecule has 0 radical (unpaired) electrons. The fourth-order valence-electron chi connectivity index (χ4n) is 3.08. The van der Waals surface area contributed by atoms with Gasteiger partial charge < -0.3 is 15.4 Å². The molecule has 3 rings (SSSR count). The number of nitrogens with two attached hydrogens (primary N) is 1. The number of morpholine rings is 1. The third-order valence-electron chi connectivity index (χ3n) is 4.34. The topological polar surface area (TPSA) is 50.8 Å². The van der Waals surface area contributed by atoms with Gasteiger partial charge in [0, 0.05) is 31.0 Å². The van der Waals surface area contributed by atoms with E-state index in [9.17, 15) is 4.39 Å². The quantitative estimate of drug-likeness (QED) is 0.672. The monoisotopic (exact) mass is 325 g/mol. The second kappa shape index (κ2) is 6.05. The molecule has 1 atom stereocenters. The standard InChI is InChI=1S/C16H21ClFN3O/c1-11-10-21(5-6-22-11)15(19)20-14-8-16(18,9-14)12-3-2-4-13(17)7-12/h2-4,7,11,14H,5-6,8-10H2,1H3,(H2,19,20). The van der Waals surface area contributed by atoms with E-state index in [0.717, 1.165) is 13.1 Å². The van der Waals surface area contributed by atoms with E-state index in [0.29, 0.717) is 36.0 Å². The molecule has 0 bridgehead atoms. The molecule has 2 N–H and O–H groups in total. The summed E-state index contributed by atoms with van der Waals surface area (Å²) in [6, 6.07) is 6.93. The van der Waals surface area contributed by atoms with Crippen LogP contribution in [0.15, 0.2) is 29.3 Å². The maximum absolute atomic E-state index is 14.8. The van der Waals surface area contributed by atoms with Crippen molar-refractivity contribution in [1.29, 1.82) is 0 Å². The summed E-state index contributed by atoms with van der Waals surface area (Å²) in [5.41, 5.74) is 5.34. The lowest BCUT2D eigenvalue weighted by Gasteiger charge is -2.40. The molecule has 1 aliphatic heterocycles. The minimum atomic E-state index is -1.34. The molecule has 6 heteroatoms. The Bertz CT molecular complexity index is 574. The fourth-order valence-corrected chi connectivity index (χ4v) is 3.27. The second-order valence-corrected chi connectivity index (χ2v) is 6.59. The maximum atomic E-state index is 14.8. The molecule has 0 aromatic heterocycles. The first-order valence-corrected chi connectivity index (χ1v) is 7.99. The molecule has 0 amide bonds. The highest BCUT2D eigenvalue weighted by Gasteiger charge is 2.46. The summed E-state index contributed by atoms with van der Waals surface area (Å²) in [5, 5.41) is 0.559. The van der Waals surface area contributed by atoms with Crippen molar-refractivity contribution in [2.24, 2.45) is 10.7 Å². The van der Waals surface area contributed by atoms with E-state index in [2.05, 4.69) is 4.99 Å². The molecule has 1 aliphatic carbocycles. The zero-order chi connectivity index (χ0) is 15.7. The number of aliphatic imine (C=N–C) groups is 1. The van der Waals surface area contributed by atoms with Crippen LogP contribution in [0.2, 0.25) is 5.02 Å². The summed E-state index contributed by atoms with van der Waals surface area (Å²) < 4.78 is 20.3. The summed E-state index contributed by atoms with van der Waals surface area (Å²) in [6.07, 6.45) is 0.859. The number of ether oxygens (including phenoxy) is 1. The molecule has 120 valence electrons. The summed E-state index contributed by atoms with van der Waals surface area (Å²) in [7, 11) is 0. The highest BCUT2D eigenvalue weighted by atomic mass is 35.5. The smallest absolute Gasteiger partial charge is 0.191 e. The highest BCUT2D eigenvalue weighted by Crippen LogP contribution is 2.47. The van der Waals surface area contributed by atoms with Crippen molar-refractivity contribution in [2.75, 3.05) is 19.7 Å². The van der Waals surface area contributed by atoms with Gasteiger partial charge in [0.05, 0.1) is 18.8 Å². The predicted molar refractivity (Wildman–Crippen MR) is 85.9 cm³/mol. The van der Waals surface area contributed by atoms with Gasteiger partial charge in [0.2, 0.25) is 0 Å². The number of nitrogens with zero attached hydrogens (tertiary/aromatic N) is 2. The van der Waals surface area contributed by atoms with Crippen LogP contribution in [0.3, 0.4) is 0 Å². The summed E-state index contributed by atoms with van der Waals surface area (Å²) in [6.45, 7) is 4.13. The van der Waals surface area contributed by atoms with Gasteiger partial charge in [-0.2, -0.15) is 0 Å². The molecule has 0 spiro atoms. The number of hydrogen-bond acceptors (Lipinski definition) is 2. The fraction of sp³-hybridized carbons (Fsp3) is 0.562. The highest BCUT2D eigenvalue weighted by molar-refractivity contribution is 6.30. The summed E-state index contributed by atoms with van der Waals surface area (Å²) in [4.78, 5) is 6.48. The first-order chi connectivity index (χ1) is 10.5. The van der Waals surface area contributed by atoms with E-state index in [1.807, 2.05) is 11.8 Å². The van der Waals surface area contributed by atoms with Crippen molar-refractivity contribution in [2.45, 2.75) is 37.6 Å². The number of rotatable bonds is 2. The first kappa shape index (κ1) is 15.6. The zero-order valence-electron chi connectivity index (χ0n) is 12.6. The Labute approximate surface area is 135 Å². The van der Waals surface area contributed by atoms with Crippen LogP contribution in [-0.2, 0) is 10.4 Å². The van der Waals surface area contributed by atoms with Gasteiger partial charge in [-0.3, -0.25) is 0 Å². The van der Waals surface area contributed by atoms with Gasteiger partial charge in [-0.25, -0.2) is 9.38 Å². The maximum Gasteiger partial charge on any atom is 0.191 e. The van der Waals surface area contributed by atoms with Gasteiger partial charge in [-0.15, -0.1) is 0 Å². The lowest BCUT2D eigenvalue weighted by atomic mass is 9.73. The molecule has 1 saturated carbocycles. The van der Waals surface area contributed by atoms with E-state index in [4.69, 9.17) is 22.1 Å². The van der Waals surface area contributed by atoms with Crippen LogP contribution in [0.25, 0.3) is 0 Å². The summed E-state index contributed by atoms with van der Waals surface area (Å²) in [5.74, 6) is 0.494. The van der Waals surface area contributed by atoms with E-state index < -0.39 is 5.67 Å². The Morgan fingerprint density at radius 3 is 2.95 bits per heavy atom. The third kappa shape index (κ3) is 3.20. The van der Waals surface area contributed by atoms with Crippen molar-refractivity contribution in [3.8, 4) is 0 Å². The Morgan fingerprint density at radius 2 is 2.27 bits per heavy atom. The number of alkyl halides is 1. The average molecular weight is 326 g/mol. The van der Waals surface area contributed by atoms with E-state index in [-0.39, 0.29) is 12.1 Å². The molecular weight excluding hydrogens is 305 g/mol. The molecule has 2 aliphatic rings. The minimum Gasteiger partial charge on any atom is -0.375 e. The van der Waals surface area contributed by atoms with Crippen LogP contribution >= 0.6 is 11.6 Å². The number of halogens is 2. The predicted octanol–water partition coefficient (Wildman–Crippen LogP) is 2.70. The van der Waals surface area contributed by atoms with Crippen LogP contribution in [0.4, 0.5) is 4.39 Å². The van der Waals surface area contributed by atoms with Crippen molar-refractivity contribution < 1.29 is 9.13 Å². The number of guanidine groups is 1. The van der Waals surface area contributed by atoms with Crippen molar-refractivity contribution in [3.05, 3.63) is 34.9 Å². The van der Waals surface area contributed by atoms with Gasteiger partial charge in [-0.05, 0) is 24.6 Å². The minimum absolute atomic E-state index is 0.0675. The number of hydrogen-bond donors (Lipinski definition) is 1. The van der Waals surface area contributed by atoms with Crippen LogP contribution in [0.5, 0.6) is 0 Å². The third-order valence-corrected chi connectivity index (χ3v) is 4.58. The van der Waals surface area contributed by atoms with Crippen molar-refractivity contribution in [1.82, 2.24) is 4.90 Å². The molecular formula is C16H21ClFN3O.